The van der Waals surface area contributed by atoms with E-state index in [-0.39, 0.29) is 11.3 Å². The fourth-order valence-electron chi connectivity index (χ4n) is 0.608. The highest BCUT2D eigenvalue weighted by Gasteiger charge is 2.12. The van der Waals surface area contributed by atoms with Crippen LogP contribution in [0.15, 0.2) is 22.8 Å². The van der Waals surface area contributed by atoms with E-state index >= 15 is 0 Å². The zero-order valence-corrected chi connectivity index (χ0v) is 6.09. The van der Waals surface area contributed by atoms with Crippen LogP contribution in [0.3, 0.4) is 0 Å². The molecule has 4 heteroatoms. The van der Waals surface area contributed by atoms with Gasteiger partial charge in [-0.05, 0) is 23.7 Å². The molecule has 0 saturated heterocycles. The van der Waals surface area contributed by atoms with Crippen LogP contribution in [0.25, 0.3) is 5.57 Å². The van der Waals surface area contributed by atoms with Crippen LogP contribution in [-0.2, 0) is 9.59 Å². The first-order chi connectivity index (χ1) is 5.25. The second-order valence-electron chi connectivity index (χ2n) is 1.73. The molecule has 0 atom stereocenters. The van der Waals surface area contributed by atoms with E-state index in [2.05, 4.69) is 0 Å². The van der Waals surface area contributed by atoms with Gasteiger partial charge in [-0.3, -0.25) is 4.79 Å². The van der Waals surface area contributed by atoms with E-state index in [0.717, 1.165) is 0 Å². The van der Waals surface area contributed by atoms with Crippen LogP contribution in [0.2, 0.25) is 0 Å². The average molecular weight is 171 g/mol. The van der Waals surface area contributed by atoms with Gasteiger partial charge >= 0.3 is 0 Å². The van der Waals surface area contributed by atoms with E-state index in [1.807, 2.05) is 0 Å². The van der Waals surface area contributed by atoms with Gasteiger partial charge in [0.25, 0.3) is 5.24 Å². The van der Waals surface area contributed by atoms with Crippen molar-refractivity contribution in [1.29, 1.82) is 0 Å². The smallest absolute Gasteiger partial charge is 0.267 e. The summed E-state index contributed by atoms with van der Waals surface area (Å²) >= 11 is 5.04. The van der Waals surface area contributed by atoms with Crippen LogP contribution in [0.1, 0.15) is 5.76 Å². The number of carbonyl (C=O) groups excluding carboxylic acids is 2. The summed E-state index contributed by atoms with van der Waals surface area (Å²) in [5.41, 5.74) is -0.281. The lowest BCUT2D eigenvalue weighted by molar-refractivity contribution is -0.106. The van der Waals surface area contributed by atoms with Crippen molar-refractivity contribution < 1.29 is 14.0 Å². The van der Waals surface area contributed by atoms with Crippen molar-refractivity contribution in [2.75, 3.05) is 0 Å². The zero-order valence-electron chi connectivity index (χ0n) is 5.33. The summed E-state index contributed by atoms with van der Waals surface area (Å²) < 4.78 is 4.74. The Morgan fingerprint density at radius 1 is 1.64 bits per heavy atom. The minimum atomic E-state index is -0.866. The Balaban J connectivity index is 3.09. The molecule has 3 nitrogen and oxygen atoms in total. The Bertz CT molecular complexity index is 306. The average Bonchev–Trinajstić information content (AvgIpc) is 2.40. The van der Waals surface area contributed by atoms with Crippen LogP contribution in [0.5, 0.6) is 0 Å². The first-order valence-corrected chi connectivity index (χ1v) is 3.12. The summed E-state index contributed by atoms with van der Waals surface area (Å²) in [6, 6.07) is 3.01. The number of rotatable bonds is 2. The summed E-state index contributed by atoms with van der Waals surface area (Å²) in [4.78, 5) is 20.6. The highest BCUT2D eigenvalue weighted by molar-refractivity contribution is 6.75. The molecule has 0 saturated carbocycles. The molecule has 0 aliphatic rings. The molecule has 0 aliphatic carbocycles. The standard InChI is InChI=1S/C7H3ClO3/c8-7(10)5(4-9)6-2-1-3-11-6/h1-3H. The first-order valence-electron chi connectivity index (χ1n) is 2.74. The molecule has 0 amide bonds. The van der Waals surface area contributed by atoms with Gasteiger partial charge in [-0.15, -0.1) is 0 Å². The van der Waals surface area contributed by atoms with Crippen molar-refractivity contribution in [2.24, 2.45) is 0 Å². The molecule has 0 spiro atoms. The third kappa shape index (κ3) is 1.58. The zero-order chi connectivity index (χ0) is 8.27. The van der Waals surface area contributed by atoms with Crippen LogP contribution in [0.4, 0.5) is 0 Å². The number of hydrogen-bond donors (Lipinski definition) is 0. The van der Waals surface area contributed by atoms with Gasteiger partial charge in [0.1, 0.15) is 11.7 Å². The monoisotopic (exact) mass is 170 g/mol. The summed E-state index contributed by atoms with van der Waals surface area (Å²) in [7, 11) is 0. The van der Waals surface area contributed by atoms with Gasteiger partial charge in [0.05, 0.1) is 6.26 Å². The quantitative estimate of drug-likeness (QED) is 0.381. The van der Waals surface area contributed by atoms with Gasteiger partial charge < -0.3 is 4.42 Å². The maximum Gasteiger partial charge on any atom is 0.267 e. The molecule has 0 unspecified atom stereocenters. The molecule has 0 bridgehead atoms. The Morgan fingerprint density at radius 3 is 2.73 bits per heavy atom. The Morgan fingerprint density at radius 2 is 2.36 bits per heavy atom. The van der Waals surface area contributed by atoms with Crippen molar-refractivity contribution in [3.05, 3.63) is 24.2 Å². The number of furan rings is 1. The summed E-state index contributed by atoms with van der Waals surface area (Å²) in [6.45, 7) is 0. The first kappa shape index (κ1) is 7.79. The maximum absolute atomic E-state index is 10.5. The van der Waals surface area contributed by atoms with Crippen molar-refractivity contribution in [1.82, 2.24) is 0 Å². The molecule has 1 heterocycles. The number of hydrogen-bond acceptors (Lipinski definition) is 3. The van der Waals surface area contributed by atoms with E-state index in [1.54, 1.807) is 6.07 Å². The van der Waals surface area contributed by atoms with Crippen molar-refractivity contribution in [2.45, 2.75) is 0 Å². The molecular weight excluding hydrogens is 168 g/mol. The van der Waals surface area contributed by atoms with Gasteiger partial charge in [-0.1, -0.05) is 0 Å². The maximum atomic E-state index is 10.5. The molecule has 1 rings (SSSR count). The molecule has 0 N–H and O–H groups in total. The highest BCUT2D eigenvalue weighted by Crippen LogP contribution is 2.13. The normalized spacial score (nSPS) is 8.82. The molecule has 11 heavy (non-hydrogen) atoms. The third-order valence-electron chi connectivity index (χ3n) is 1.07. The predicted octanol–water partition coefficient (Wildman–Crippen LogP) is 1.26. The van der Waals surface area contributed by atoms with Crippen LogP contribution in [0, 0.1) is 0 Å². The van der Waals surface area contributed by atoms with Gasteiger partial charge in [0, 0.05) is 0 Å². The molecule has 0 aliphatic heterocycles. The minimum absolute atomic E-state index is 0.139. The summed E-state index contributed by atoms with van der Waals surface area (Å²) in [5.74, 6) is 1.53. The van der Waals surface area contributed by atoms with Crippen molar-refractivity contribution >= 4 is 28.4 Å². The largest absolute Gasteiger partial charge is 0.463 e. The van der Waals surface area contributed by atoms with Gasteiger partial charge in [-0.2, -0.15) is 0 Å². The third-order valence-corrected chi connectivity index (χ3v) is 1.26. The second-order valence-corrected chi connectivity index (χ2v) is 2.07. The topological polar surface area (TPSA) is 47.3 Å². The highest BCUT2D eigenvalue weighted by atomic mass is 35.5. The fourth-order valence-corrected chi connectivity index (χ4v) is 0.740. The van der Waals surface area contributed by atoms with Crippen molar-refractivity contribution in [3.63, 3.8) is 0 Å². The van der Waals surface area contributed by atoms with E-state index < -0.39 is 5.24 Å². The Labute approximate surface area is 67.3 Å². The molecule has 0 aromatic carbocycles. The lowest BCUT2D eigenvalue weighted by Crippen LogP contribution is -1.91. The number of allylic oxidation sites excluding steroid dienone is 1. The molecule has 0 radical (unpaired) electrons. The molecule has 56 valence electrons. The fraction of sp³-hybridized carbons (Fsp3) is 0. The van der Waals surface area contributed by atoms with Gasteiger partial charge in [-0.25, -0.2) is 4.79 Å². The second kappa shape index (κ2) is 3.19. The van der Waals surface area contributed by atoms with E-state index in [4.69, 9.17) is 16.0 Å². The van der Waals surface area contributed by atoms with Crippen LogP contribution in [-0.4, -0.2) is 11.2 Å². The van der Waals surface area contributed by atoms with E-state index in [1.165, 1.54) is 18.3 Å². The number of carbonyl (C=O) groups is 1. The molecule has 0 fully saturated rings. The van der Waals surface area contributed by atoms with Crippen LogP contribution < -0.4 is 0 Å². The molecule has 1 aromatic heterocycles. The van der Waals surface area contributed by atoms with Gasteiger partial charge in [0.15, 0.2) is 5.57 Å². The predicted molar refractivity (Wildman–Crippen MR) is 38.7 cm³/mol. The Kier molecular flexibility index (Phi) is 2.26. The number of halogens is 1. The minimum Gasteiger partial charge on any atom is -0.463 e. The SMILES string of the molecule is O=C=C(C(=O)Cl)c1ccco1. The summed E-state index contributed by atoms with van der Waals surface area (Å²) in [5, 5.41) is -0.866. The molecular formula is C7H3ClO3. The van der Waals surface area contributed by atoms with Crippen LogP contribution >= 0.6 is 11.6 Å². The van der Waals surface area contributed by atoms with E-state index in [9.17, 15) is 9.59 Å². The van der Waals surface area contributed by atoms with E-state index in [0.29, 0.717) is 0 Å². The molecule has 1 aromatic rings. The van der Waals surface area contributed by atoms with Gasteiger partial charge in [0.2, 0.25) is 0 Å². The summed E-state index contributed by atoms with van der Waals surface area (Å²) in [6.07, 6.45) is 1.34. The van der Waals surface area contributed by atoms with Crippen molar-refractivity contribution in [3.8, 4) is 0 Å². The lowest BCUT2D eigenvalue weighted by Gasteiger charge is -1.87. The Hall–Kier alpha value is -1.31. The lowest BCUT2D eigenvalue weighted by atomic mass is 10.2.